The van der Waals surface area contributed by atoms with Gasteiger partial charge in [0.05, 0.1) is 23.3 Å². The zero-order valence-corrected chi connectivity index (χ0v) is 16.7. The highest BCUT2D eigenvalue weighted by molar-refractivity contribution is 8.01. The topological polar surface area (TPSA) is 92.3 Å². The van der Waals surface area contributed by atoms with E-state index in [0.29, 0.717) is 10.8 Å². The van der Waals surface area contributed by atoms with Gasteiger partial charge in [0.25, 0.3) is 0 Å². The first-order valence-electron chi connectivity index (χ1n) is 8.26. The lowest BCUT2D eigenvalue weighted by Crippen LogP contribution is -2.42. The number of sulfone groups is 1. The normalized spacial score (nSPS) is 18.6. The number of amides is 1. The summed E-state index contributed by atoms with van der Waals surface area (Å²) in [5, 5.41) is 11.9. The van der Waals surface area contributed by atoms with Gasteiger partial charge in [-0.1, -0.05) is 41.3 Å². The van der Waals surface area contributed by atoms with E-state index in [0.717, 1.165) is 17.4 Å². The van der Waals surface area contributed by atoms with Gasteiger partial charge in [0, 0.05) is 12.2 Å². The Morgan fingerprint density at radius 3 is 2.77 bits per heavy atom. The minimum absolute atomic E-state index is 0.0156. The Morgan fingerprint density at radius 1 is 1.35 bits per heavy atom. The van der Waals surface area contributed by atoms with E-state index in [9.17, 15) is 13.2 Å². The molecule has 0 saturated carbocycles. The fourth-order valence-corrected chi connectivity index (χ4v) is 6.19. The number of nitrogens with zero attached hydrogens (tertiary/aromatic N) is 3. The van der Waals surface area contributed by atoms with Crippen molar-refractivity contribution in [3.05, 3.63) is 30.3 Å². The molecule has 0 unspecified atom stereocenters. The number of carbonyl (C=O) groups is 1. The highest BCUT2D eigenvalue weighted by atomic mass is 32.2. The van der Waals surface area contributed by atoms with Crippen LogP contribution in [0.2, 0.25) is 0 Å². The molecule has 2 aromatic rings. The minimum Gasteiger partial charge on any atom is -0.360 e. The van der Waals surface area contributed by atoms with Crippen molar-refractivity contribution in [3.63, 3.8) is 0 Å². The molecule has 10 heteroatoms. The van der Waals surface area contributed by atoms with Crippen molar-refractivity contribution >= 4 is 49.7 Å². The molecule has 140 valence electrons. The first-order valence-corrected chi connectivity index (χ1v) is 11.9. The number of anilines is 2. The van der Waals surface area contributed by atoms with E-state index in [-0.39, 0.29) is 29.2 Å². The summed E-state index contributed by atoms with van der Waals surface area (Å²) < 4.78 is 24.5. The van der Waals surface area contributed by atoms with Crippen molar-refractivity contribution in [2.24, 2.45) is 0 Å². The summed E-state index contributed by atoms with van der Waals surface area (Å²) in [7, 11) is -3.08. The average Bonchev–Trinajstić information content (AvgIpc) is 3.21. The lowest BCUT2D eigenvalue weighted by molar-refractivity contribution is -0.116. The molecule has 26 heavy (non-hydrogen) atoms. The lowest BCUT2D eigenvalue weighted by Gasteiger charge is -2.28. The van der Waals surface area contributed by atoms with Gasteiger partial charge < -0.3 is 10.2 Å². The van der Waals surface area contributed by atoms with Gasteiger partial charge >= 0.3 is 0 Å². The van der Waals surface area contributed by atoms with Crippen molar-refractivity contribution < 1.29 is 13.2 Å². The van der Waals surface area contributed by atoms with Crippen LogP contribution in [0.4, 0.5) is 10.8 Å². The fraction of sp³-hybridized carbons (Fsp3) is 0.438. The third-order valence-electron chi connectivity index (χ3n) is 3.93. The van der Waals surface area contributed by atoms with Gasteiger partial charge in [0.15, 0.2) is 14.2 Å². The molecule has 1 saturated heterocycles. The first-order chi connectivity index (χ1) is 12.5. The monoisotopic (exact) mass is 412 g/mol. The van der Waals surface area contributed by atoms with Crippen LogP contribution >= 0.6 is 23.1 Å². The molecule has 1 aromatic carbocycles. The van der Waals surface area contributed by atoms with E-state index in [2.05, 4.69) is 15.5 Å². The Balaban J connectivity index is 1.72. The highest BCUT2D eigenvalue weighted by Gasteiger charge is 2.35. The van der Waals surface area contributed by atoms with Gasteiger partial charge in [0.2, 0.25) is 11.0 Å². The Morgan fingerprint density at radius 2 is 2.12 bits per heavy atom. The van der Waals surface area contributed by atoms with Gasteiger partial charge in [-0.3, -0.25) is 4.79 Å². The van der Waals surface area contributed by atoms with Crippen molar-refractivity contribution in [1.29, 1.82) is 0 Å². The second-order valence-corrected chi connectivity index (χ2v) is 10.3. The third-order valence-corrected chi connectivity index (χ3v) is 7.68. The Bertz CT molecular complexity index is 855. The quantitative estimate of drug-likeness (QED) is 0.698. The summed E-state index contributed by atoms with van der Waals surface area (Å²) in [6, 6.07) is 8.92. The second-order valence-electron chi connectivity index (χ2n) is 5.85. The van der Waals surface area contributed by atoms with E-state index < -0.39 is 9.84 Å². The van der Waals surface area contributed by atoms with Gasteiger partial charge in [0.1, 0.15) is 0 Å². The van der Waals surface area contributed by atoms with Crippen LogP contribution in [0.5, 0.6) is 0 Å². The molecular formula is C16H20N4O3S3. The van der Waals surface area contributed by atoms with Crippen LogP contribution in [0.3, 0.4) is 0 Å². The molecule has 1 aliphatic rings. The Hall–Kier alpha value is -1.65. The molecule has 7 nitrogen and oxygen atoms in total. The number of aromatic nitrogens is 2. The summed E-state index contributed by atoms with van der Waals surface area (Å²) in [5.41, 5.74) is 0.728. The van der Waals surface area contributed by atoms with E-state index >= 15 is 0 Å². The molecule has 0 bridgehead atoms. The van der Waals surface area contributed by atoms with Crippen LogP contribution in [-0.4, -0.2) is 54.4 Å². The highest BCUT2D eigenvalue weighted by Crippen LogP contribution is 2.29. The van der Waals surface area contributed by atoms with Crippen LogP contribution in [0, 0.1) is 0 Å². The maximum absolute atomic E-state index is 12.9. The van der Waals surface area contributed by atoms with Crippen LogP contribution in [0.1, 0.15) is 13.3 Å². The number of hydrogen-bond acceptors (Lipinski definition) is 8. The molecule has 0 spiro atoms. The SMILES string of the molecule is CCNc1nnc(SCC(=O)N(c2ccccc2)[C@@H]2CCS(=O)(=O)C2)s1. The van der Waals surface area contributed by atoms with Crippen LogP contribution in [0.15, 0.2) is 34.7 Å². The van der Waals surface area contributed by atoms with Crippen LogP contribution in [-0.2, 0) is 14.6 Å². The van der Waals surface area contributed by atoms with Gasteiger partial charge in [-0.25, -0.2) is 8.42 Å². The zero-order chi connectivity index (χ0) is 18.6. The number of nitrogens with one attached hydrogen (secondary N) is 1. The zero-order valence-electron chi connectivity index (χ0n) is 14.3. The molecule has 1 amide bonds. The number of thioether (sulfide) groups is 1. The Labute approximate surface area is 161 Å². The molecular weight excluding hydrogens is 392 g/mol. The lowest BCUT2D eigenvalue weighted by atomic mass is 10.2. The van der Waals surface area contributed by atoms with Crippen molar-refractivity contribution in [2.45, 2.75) is 23.7 Å². The Kier molecular flexibility index (Phi) is 6.15. The number of rotatable bonds is 7. The molecule has 0 aliphatic carbocycles. The molecule has 2 heterocycles. The van der Waals surface area contributed by atoms with Crippen molar-refractivity contribution in [1.82, 2.24) is 10.2 Å². The minimum atomic E-state index is -3.08. The van der Waals surface area contributed by atoms with Crippen molar-refractivity contribution in [2.75, 3.05) is 34.0 Å². The first kappa shape index (κ1) is 19.1. The summed E-state index contributed by atoms with van der Waals surface area (Å²) in [5.74, 6) is 0.209. The standard InChI is InChI=1S/C16H20N4O3S3/c1-2-17-15-18-19-16(25-15)24-10-14(21)20(12-6-4-3-5-7-12)13-8-9-26(22,23)11-13/h3-7,13H,2,8-11H2,1H3,(H,17,18)/t13-/m1/s1. The van der Waals surface area contributed by atoms with Crippen molar-refractivity contribution in [3.8, 4) is 0 Å². The molecule has 1 atom stereocenters. The number of para-hydroxylation sites is 1. The smallest absolute Gasteiger partial charge is 0.237 e. The predicted octanol–water partition coefficient (Wildman–Crippen LogP) is 2.28. The van der Waals surface area contributed by atoms with Gasteiger partial charge in [-0.15, -0.1) is 10.2 Å². The summed E-state index contributed by atoms with van der Waals surface area (Å²) >= 11 is 2.72. The maximum atomic E-state index is 12.9. The predicted molar refractivity (Wildman–Crippen MR) is 106 cm³/mol. The van der Waals surface area contributed by atoms with E-state index in [1.807, 2.05) is 37.3 Å². The molecule has 1 aromatic heterocycles. The number of benzene rings is 1. The number of carbonyl (C=O) groups excluding carboxylic acids is 1. The third kappa shape index (κ3) is 4.74. The van der Waals surface area contributed by atoms with E-state index in [1.54, 1.807) is 4.90 Å². The number of hydrogen-bond donors (Lipinski definition) is 1. The second kappa shape index (κ2) is 8.36. The molecule has 1 N–H and O–H groups in total. The van der Waals surface area contributed by atoms with Crippen LogP contribution < -0.4 is 10.2 Å². The maximum Gasteiger partial charge on any atom is 0.237 e. The van der Waals surface area contributed by atoms with Crippen LogP contribution in [0.25, 0.3) is 0 Å². The van der Waals surface area contributed by atoms with Gasteiger partial charge in [-0.05, 0) is 25.5 Å². The summed E-state index contributed by atoms with van der Waals surface area (Å²) in [4.78, 5) is 14.5. The van der Waals surface area contributed by atoms with E-state index in [1.165, 1.54) is 23.1 Å². The fourth-order valence-electron chi connectivity index (χ4n) is 2.81. The average molecular weight is 413 g/mol. The molecule has 1 fully saturated rings. The van der Waals surface area contributed by atoms with Gasteiger partial charge in [-0.2, -0.15) is 0 Å². The largest absolute Gasteiger partial charge is 0.360 e. The summed E-state index contributed by atoms with van der Waals surface area (Å²) in [6.07, 6.45) is 0.469. The molecule has 1 aliphatic heterocycles. The molecule has 0 radical (unpaired) electrons. The summed E-state index contributed by atoms with van der Waals surface area (Å²) in [6.45, 7) is 2.74. The molecule has 3 rings (SSSR count). The van der Waals surface area contributed by atoms with E-state index in [4.69, 9.17) is 0 Å².